The van der Waals surface area contributed by atoms with E-state index < -0.39 is 10.0 Å². The maximum Gasteiger partial charge on any atom is 0.213 e. The van der Waals surface area contributed by atoms with Gasteiger partial charge in [-0.15, -0.1) is 0 Å². The summed E-state index contributed by atoms with van der Waals surface area (Å²) in [4.78, 5) is 0. The monoisotopic (exact) mass is 300 g/mol. The lowest BCUT2D eigenvalue weighted by molar-refractivity contribution is 0.283. The number of hydrogen-bond acceptors (Lipinski definition) is 4. The molecule has 20 heavy (non-hydrogen) atoms. The molecule has 1 aliphatic heterocycles. The van der Waals surface area contributed by atoms with Crippen molar-refractivity contribution >= 4 is 10.0 Å². The summed E-state index contributed by atoms with van der Waals surface area (Å²) in [7, 11) is -3.02. The van der Waals surface area contributed by atoms with Gasteiger partial charge < -0.3 is 9.73 Å². The van der Waals surface area contributed by atoms with Crippen molar-refractivity contribution in [2.75, 3.05) is 18.8 Å². The summed E-state index contributed by atoms with van der Waals surface area (Å²) in [5.41, 5.74) is 0. The van der Waals surface area contributed by atoms with Crippen LogP contribution in [-0.4, -0.2) is 37.6 Å². The standard InChI is InChI=1S/C14H24N2O3S/c1-3-13-5-6-14(19-13)11-15-12-7-9-16(10-8-12)20(17,18)4-2/h5-6,12,15H,3-4,7-11H2,1-2H3. The van der Waals surface area contributed by atoms with Crippen LogP contribution in [0.4, 0.5) is 0 Å². The Morgan fingerprint density at radius 3 is 2.45 bits per heavy atom. The van der Waals surface area contributed by atoms with Crippen LogP contribution >= 0.6 is 0 Å². The summed E-state index contributed by atoms with van der Waals surface area (Å²) in [6.45, 7) is 5.71. The fraction of sp³-hybridized carbons (Fsp3) is 0.714. The van der Waals surface area contributed by atoms with Gasteiger partial charge in [0.1, 0.15) is 11.5 Å². The van der Waals surface area contributed by atoms with E-state index in [1.807, 2.05) is 12.1 Å². The molecule has 0 saturated carbocycles. The molecule has 2 rings (SSSR count). The molecule has 1 N–H and O–H groups in total. The number of nitrogens with one attached hydrogen (secondary N) is 1. The van der Waals surface area contributed by atoms with Crippen LogP contribution in [0.2, 0.25) is 0 Å². The molecule has 1 fully saturated rings. The van der Waals surface area contributed by atoms with E-state index in [2.05, 4.69) is 12.2 Å². The van der Waals surface area contributed by atoms with E-state index in [-0.39, 0.29) is 5.75 Å². The minimum Gasteiger partial charge on any atom is -0.465 e. The van der Waals surface area contributed by atoms with E-state index >= 15 is 0 Å². The van der Waals surface area contributed by atoms with E-state index in [4.69, 9.17) is 4.42 Å². The summed E-state index contributed by atoms with van der Waals surface area (Å²) < 4.78 is 30.8. The summed E-state index contributed by atoms with van der Waals surface area (Å²) in [6.07, 6.45) is 2.63. The molecule has 0 bridgehead atoms. The average Bonchev–Trinajstić information content (AvgIpc) is 2.93. The van der Waals surface area contributed by atoms with Gasteiger partial charge in [-0.1, -0.05) is 6.92 Å². The topological polar surface area (TPSA) is 62.6 Å². The minimum atomic E-state index is -3.02. The number of aryl methyl sites for hydroxylation is 1. The number of piperidine rings is 1. The van der Waals surface area contributed by atoms with Gasteiger partial charge in [0.25, 0.3) is 0 Å². The molecule has 6 heteroatoms. The molecule has 0 aromatic carbocycles. The van der Waals surface area contributed by atoms with E-state index in [0.717, 1.165) is 30.8 Å². The molecule has 0 unspecified atom stereocenters. The van der Waals surface area contributed by atoms with Crippen molar-refractivity contribution < 1.29 is 12.8 Å². The Morgan fingerprint density at radius 2 is 1.90 bits per heavy atom. The molecular weight excluding hydrogens is 276 g/mol. The molecule has 5 nitrogen and oxygen atoms in total. The normalized spacial score (nSPS) is 18.5. The van der Waals surface area contributed by atoms with Gasteiger partial charge in [-0.2, -0.15) is 0 Å². The molecule has 0 radical (unpaired) electrons. The van der Waals surface area contributed by atoms with Crippen LogP contribution in [0.3, 0.4) is 0 Å². The van der Waals surface area contributed by atoms with Gasteiger partial charge in [-0.05, 0) is 31.9 Å². The molecule has 114 valence electrons. The van der Waals surface area contributed by atoms with Crippen molar-refractivity contribution in [3.05, 3.63) is 23.7 Å². The van der Waals surface area contributed by atoms with Crippen LogP contribution in [0.1, 0.15) is 38.2 Å². The summed E-state index contributed by atoms with van der Waals surface area (Å²) in [5, 5.41) is 3.45. The Kier molecular flexibility index (Phi) is 5.23. The van der Waals surface area contributed by atoms with Crippen LogP contribution in [0, 0.1) is 0 Å². The second-order valence-corrected chi connectivity index (χ2v) is 7.43. The van der Waals surface area contributed by atoms with Gasteiger partial charge >= 0.3 is 0 Å². The summed E-state index contributed by atoms with van der Waals surface area (Å²) in [6, 6.07) is 4.38. The molecule has 0 spiro atoms. The first-order valence-electron chi connectivity index (χ1n) is 7.34. The zero-order valence-electron chi connectivity index (χ0n) is 12.3. The highest BCUT2D eigenvalue weighted by Gasteiger charge is 2.26. The third-order valence-electron chi connectivity index (χ3n) is 3.84. The highest BCUT2D eigenvalue weighted by molar-refractivity contribution is 7.89. The highest BCUT2D eigenvalue weighted by atomic mass is 32.2. The first-order valence-corrected chi connectivity index (χ1v) is 8.95. The number of nitrogens with zero attached hydrogens (tertiary/aromatic N) is 1. The number of rotatable bonds is 6. The zero-order chi connectivity index (χ0) is 14.6. The van der Waals surface area contributed by atoms with Crippen molar-refractivity contribution in [3.8, 4) is 0 Å². The minimum absolute atomic E-state index is 0.192. The Hall–Kier alpha value is -0.850. The SMILES string of the molecule is CCc1ccc(CNC2CCN(S(=O)(=O)CC)CC2)o1. The predicted octanol–water partition coefficient (Wildman–Crippen LogP) is 1.75. The molecule has 1 aliphatic rings. The summed E-state index contributed by atoms with van der Waals surface area (Å²) in [5.74, 6) is 2.15. The fourth-order valence-corrected chi connectivity index (χ4v) is 3.61. The molecule has 1 saturated heterocycles. The molecule has 2 heterocycles. The Bertz CT molecular complexity index is 516. The van der Waals surface area contributed by atoms with Crippen molar-refractivity contribution in [1.29, 1.82) is 0 Å². The molecular formula is C14H24N2O3S. The van der Waals surface area contributed by atoms with Gasteiger partial charge in [0.15, 0.2) is 0 Å². The smallest absolute Gasteiger partial charge is 0.213 e. The van der Waals surface area contributed by atoms with E-state index in [1.165, 1.54) is 0 Å². The van der Waals surface area contributed by atoms with Crippen molar-refractivity contribution in [2.24, 2.45) is 0 Å². The quantitative estimate of drug-likeness (QED) is 0.869. The third-order valence-corrected chi connectivity index (χ3v) is 5.72. The van der Waals surface area contributed by atoms with E-state index in [1.54, 1.807) is 11.2 Å². The first kappa shape index (κ1) is 15.5. The van der Waals surface area contributed by atoms with Crippen LogP contribution in [0.15, 0.2) is 16.5 Å². The maximum atomic E-state index is 11.8. The number of furan rings is 1. The second kappa shape index (κ2) is 6.74. The van der Waals surface area contributed by atoms with Gasteiger partial charge in [0.05, 0.1) is 12.3 Å². The molecule has 1 aromatic heterocycles. The lowest BCUT2D eigenvalue weighted by Gasteiger charge is -2.31. The second-order valence-electron chi connectivity index (χ2n) is 5.18. The Labute approximate surface area is 121 Å². The van der Waals surface area contributed by atoms with Gasteiger partial charge in [0, 0.05) is 25.6 Å². The third kappa shape index (κ3) is 3.84. The van der Waals surface area contributed by atoms with Crippen LogP contribution in [0.25, 0.3) is 0 Å². The Balaban J connectivity index is 1.77. The van der Waals surface area contributed by atoms with E-state index in [0.29, 0.717) is 25.7 Å². The van der Waals surface area contributed by atoms with Gasteiger partial charge in [-0.25, -0.2) is 12.7 Å². The zero-order valence-corrected chi connectivity index (χ0v) is 13.1. The lowest BCUT2D eigenvalue weighted by atomic mass is 10.1. The first-order chi connectivity index (χ1) is 9.55. The van der Waals surface area contributed by atoms with Crippen LogP contribution in [0.5, 0.6) is 0 Å². The van der Waals surface area contributed by atoms with Gasteiger partial charge in [-0.3, -0.25) is 0 Å². The maximum absolute atomic E-state index is 11.8. The molecule has 0 atom stereocenters. The van der Waals surface area contributed by atoms with Crippen LogP contribution < -0.4 is 5.32 Å². The highest BCUT2D eigenvalue weighted by Crippen LogP contribution is 2.15. The van der Waals surface area contributed by atoms with Crippen molar-refractivity contribution in [3.63, 3.8) is 0 Å². The fourth-order valence-electron chi connectivity index (χ4n) is 2.47. The molecule has 0 aliphatic carbocycles. The van der Waals surface area contributed by atoms with Crippen molar-refractivity contribution in [2.45, 2.75) is 45.7 Å². The molecule has 1 aromatic rings. The number of sulfonamides is 1. The van der Waals surface area contributed by atoms with E-state index in [9.17, 15) is 8.42 Å². The van der Waals surface area contributed by atoms with Crippen molar-refractivity contribution in [1.82, 2.24) is 9.62 Å². The predicted molar refractivity (Wildman–Crippen MR) is 79.0 cm³/mol. The average molecular weight is 300 g/mol. The number of hydrogen-bond donors (Lipinski definition) is 1. The Morgan fingerprint density at radius 1 is 1.25 bits per heavy atom. The van der Waals surface area contributed by atoms with Gasteiger partial charge in [0.2, 0.25) is 10.0 Å². The lowest BCUT2D eigenvalue weighted by Crippen LogP contribution is -2.45. The van der Waals surface area contributed by atoms with Crippen LogP contribution in [-0.2, 0) is 23.0 Å². The summed E-state index contributed by atoms with van der Waals surface area (Å²) >= 11 is 0. The largest absolute Gasteiger partial charge is 0.465 e. The molecule has 0 amide bonds.